The highest BCUT2D eigenvalue weighted by molar-refractivity contribution is 7.87. The summed E-state index contributed by atoms with van der Waals surface area (Å²) >= 11 is 17.9. The third-order valence-corrected chi connectivity index (χ3v) is 5.46. The Bertz CT molecular complexity index is 1110. The molecular formula is C19H15Cl3N2O5S. The highest BCUT2D eigenvalue weighted by Crippen LogP contribution is 2.35. The smallest absolute Gasteiger partial charge is 0.350 e. The quantitative estimate of drug-likeness (QED) is 0.249. The van der Waals surface area contributed by atoms with Crippen molar-refractivity contribution in [3.05, 3.63) is 62.7 Å². The van der Waals surface area contributed by atoms with Crippen molar-refractivity contribution >= 4 is 56.6 Å². The molecule has 0 aliphatic rings. The summed E-state index contributed by atoms with van der Waals surface area (Å²) in [6, 6.07) is 8.41. The predicted octanol–water partition coefficient (Wildman–Crippen LogP) is 5.11. The number of anilines is 1. The molecule has 0 amide bonds. The van der Waals surface area contributed by atoms with Crippen LogP contribution in [0.15, 0.2) is 47.0 Å². The average molecular weight is 490 g/mol. The number of hydrogen-bond acceptors (Lipinski definition) is 7. The maximum atomic E-state index is 12.6. The van der Waals surface area contributed by atoms with Gasteiger partial charge in [0, 0.05) is 21.9 Å². The summed E-state index contributed by atoms with van der Waals surface area (Å²) in [4.78, 5) is 11.4. The zero-order chi connectivity index (χ0) is 22.5. The molecule has 0 radical (unpaired) electrons. The lowest BCUT2D eigenvalue weighted by molar-refractivity contribution is -0.138. The molecule has 0 bridgehead atoms. The normalized spacial score (nSPS) is 11.5. The molecule has 1 N–H and O–H groups in total. The fourth-order valence-electron chi connectivity index (χ4n) is 2.25. The van der Waals surface area contributed by atoms with E-state index in [4.69, 9.17) is 49.0 Å². The fourth-order valence-corrected chi connectivity index (χ4v) is 4.34. The van der Waals surface area contributed by atoms with E-state index < -0.39 is 16.1 Å². The highest BCUT2D eigenvalue weighted by atomic mass is 35.5. The molecule has 0 fully saturated rings. The monoisotopic (exact) mass is 488 g/mol. The van der Waals surface area contributed by atoms with Crippen LogP contribution in [0, 0.1) is 18.3 Å². The molecule has 7 nitrogen and oxygen atoms in total. The van der Waals surface area contributed by atoms with E-state index in [-0.39, 0.29) is 37.9 Å². The van der Waals surface area contributed by atoms with E-state index in [9.17, 15) is 13.2 Å². The molecule has 0 aliphatic heterocycles. The van der Waals surface area contributed by atoms with E-state index in [1.165, 1.54) is 30.3 Å². The molecule has 0 aliphatic carbocycles. The van der Waals surface area contributed by atoms with Crippen LogP contribution < -0.4 is 9.50 Å². The number of nitrogens with zero attached hydrogens (tertiary/aromatic N) is 1. The third-order valence-electron chi connectivity index (χ3n) is 3.55. The number of nitriles is 1. The van der Waals surface area contributed by atoms with Gasteiger partial charge in [0.25, 0.3) is 0 Å². The minimum Gasteiger partial charge on any atom is -0.462 e. The van der Waals surface area contributed by atoms with Crippen LogP contribution in [0.1, 0.15) is 12.5 Å². The fraction of sp³-hybridized carbons (Fsp3) is 0.158. The van der Waals surface area contributed by atoms with Crippen molar-refractivity contribution in [2.45, 2.75) is 18.7 Å². The molecule has 2 aromatic rings. The summed E-state index contributed by atoms with van der Waals surface area (Å²) in [6.45, 7) is 3.32. The molecule has 30 heavy (non-hydrogen) atoms. The lowest BCUT2D eigenvalue weighted by Crippen LogP contribution is -2.11. The predicted molar refractivity (Wildman–Crippen MR) is 114 cm³/mol. The van der Waals surface area contributed by atoms with Crippen LogP contribution in [0.4, 0.5) is 5.69 Å². The van der Waals surface area contributed by atoms with Gasteiger partial charge >= 0.3 is 16.1 Å². The van der Waals surface area contributed by atoms with E-state index in [1.54, 1.807) is 19.9 Å². The number of carbonyl (C=O) groups is 1. The van der Waals surface area contributed by atoms with Crippen molar-refractivity contribution in [1.29, 1.82) is 5.26 Å². The summed E-state index contributed by atoms with van der Waals surface area (Å²) in [7, 11) is -4.25. The summed E-state index contributed by atoms with van der Waals surface area (Å²) in [5, 5.41) is 12.0. The van der Waals surface area contributed by atoms with Gasteiger partial charge in [0.2, 0.25) is 0 Å². The Labute approximate surface area is 188 Å². The van der Waals surface area contributed by atoms with E-state index in [2.05, 4.69) is 5.32 Å². The van der Waals surface area contributed by atoms with Crippen LogP contribution in [0.3, 0.4) is 0 Å². The number of esters is 1. The second-order valence-corrected chi connectivity index (χ2v) is 8.61. The summed E-state index contributed by atoms with van der Waals surface area (Å²) in [5.41, 5.74) is 0.529. The second kappa shape index (κ2) is 10.0. The maximum absolute atomic E-state index is 12.6. The average Bonchev–Trinajstić information content (AvgIpc) is 2.64. The van der Waals surface area contributed by atoms with Crippen LogP contribution in [-0.4, -0.2) is 21.0 Å². The largest absolute Gasteiger partial charge is 0.462 e. The molecule has 0 spiro atoms. The van der Waals surface area contributed by atoms with Crippen molar-refractivity contribution in [3.63, 3.8) is 0 Å². The van der Waals surface area contributed by atoms with Crippen LogP contribution in [0.25, 0.3) is 0 Å². The van der Waals surface area contributed by atoms with Gasteiger partial charge in [-0.1, -0.05) is 34.8 Å². The summed E-state index contributed by atoms with van der Waals surface area (Å²) in [5.74, 6) is -0.866. The molecule has 0 unspecified atom stereocenters. The zero-order valence-electron chi connectivity index (χ0n) is 15.7. The van der Waals surface area contributed by atoms with Gasteiger partial charge in [-0.05, 0) is 49.7 Å². The van der Waals surface area contributed by atoms with E-state index in [1.807, 2.05) is 0 Å². The maximum Gasteiger partial charge on any atom is 0.350 e. The van der Waals surface area contributed by atoms with Gasteiger partial charge < -0.3 is 14.2 Å². The van der Waals surface area contributed by atoms with E-state index in [0.29, 0.717) is 11.3 Å². The Kier molecular flexibility index (Phi) is 7.98. The van der Waals surface area contributed by atoms with Crippen LogP contribution in [0.2, 0.25) is 15.1 Å². The molecule has 0 aromatic heterocycles. The minimum atomic E-state index is -4.25. The Hall–Kier alpha value is -2.44. The van der Waals surface area contributed by atoms with Crippen molar-refractivity contribution in [2.75, 3.05) is 11.9 Å². The van der Waals surface area contributed by atoms with Gasteiger partial charge in [-0.15, -0.1) is 0 Å². The summed E-state index contributed by atoms with van der Waals surface area (Å²) < 4.78 is 35.1. The van der Waals surface area contributed by atoms with Crippen LogP contribution in [0.5, 0.6) is 5.75 Å². The van der Waals surface area contributed by atoms with Gasteiger partial charge in [-0.2, -0.15) is 13.7 Å². The van der Waals surface area contributed by atoms with Crippen molar-refractivity contribution in [1.82, 2.24) is 0 Å². The number of halogens is 3. The molecule has 2 rings (SSSR count). The second-order valence-electron chi connectivity index (χ2n) is 5.78. The van der Waals surface area contributed by atoms with E-state index in [0.717, 1.165) is 6.20 Å². The van der Waals surface area contributed by atoms with Crippen molar-refractivity contribution < 1.29 is 22.1 Å². The van der Waals surface area contributed by atoms with E-state index >= 15 is 0 Å². The first-order chi connectivity index (χ1) is 14.1. The molecule has 2 aromatic carbocycles. The Morgan fingerprint density at radius 2 is 1.80 bits per heavy atom. The molecule has 0 atom stereocenters. The number of nitrogens with one attached hydrogen (secondary N) is 1. The molecule has 0 saturated heterocycles. The number of carbonyl (C=O) groups excluding carboxylic acids is 1. The van der Waals surface area contributed by atoms with Crippen molar-refractivity contribution in [3.8, 4) is 11.8 Å². The van der Waals surface area contributed by atoms with Crippen LogP contribution >= 0.6 is 34.8 Å². The first-order valence-corrected chi connectivity index (χ1v) is 10.9. The molecule has 0 heterocycles. The number of rotatable bonds is 7. The first kappa shape index (κ1) is 23.8. The number of ether oxygens (including phenoxy) is 1. The topological polar surface area (TPSA) is 105 Å². The molecular weight excluding hydrogens is 475 g/mol. The van der Waals surface area contributed by atoms with Gasteiger partial charge in [-0.25, -0.2) is 4.79 Å². The highest BCUT2D eigenvalue weighted by Gasteiger charge is 2.21. The lowest BCUT2D eigenvalue weighted by atomic mass is 10.2. The Morgan fingerprint density at radius 3 is 2.33 bits per heavy atom. The Morgan fingerprint density at radius 1 is 1.17 bits per heavy atom. The number of hydrogen-bond donors (Lipinski definition) is 1. The Balaban J connectivity index is 2.30. The lowest BCUT2D eigenvalue weighted by Gasteiger charge is -2.13. The zero-order valence-corrected chi connectivity index (χ0v) is 18.8. The third kappa shape index (κ3) is 6.03. The first-order valence-electron chi connectivity index (χ1n) is 8.32. The van der Waals surface area contributed by atoms with Crippen molar-refractivity contribution in [2.24, 2.45) is 0 Å². The van der Waals surface area contributed by atoms with Gasteiger partial charge in [0.15, 0.2) is 11.3 Å². The number of aryl methyl sites for hydroxylation is 1. The van der Waals surface area contributed by atoms with Gasteiger partial charge in [0.1, 0.15) is 11.0 Å². The standard InChI is InChI=1S/C19H15Cl3N2O5S/c1-3-28-19(25)12(9-23)10-24-15-4-11(2)18(17(22)8-15)29-30(26,27)16-6-13(20)5-14(21)7-16/h4-8,10,24H,3H2,1-2H3. The summed E-state index contributed by atoms with van der Waals surface area (Å²) in [6.07, 6.45) is 1.16. The van der Waals surface area contributed by atoms with Gasteiger partial charge in [0.05, 0.1) is 11.6 Å². The SMILES string of the molecule is CCOC(=O)C(C#N)=CNc1cc(C)c(OS(=O)(=O)c2cc(Cl)cc(Cl)c2)c(Cl)c1. The minimum absolute atomic E-state index is 0.0164. The molecule has 158 valence electrons. The van der Waals surface area contributed by atoms with Crippen LogP contribution in [-0.2, 0) is 19.6 Å². The number of benzene rings is 2. The molecule has 0 saturated carbocycles. The van der Waals surface area contributed by atoms with Gasteiger partial charge in [-0.3, -0.25) is 0 Å². The molecule has 11 heteroatoms.